The average molecular weight is 306 g/mol. The number of hydrogen-bond acceptors (Lipinski definition) is 3. The van der Waals surface area contributed by atoms with Crippen LogP contribution in [0.2, 0.25) is 0 Å². The van der Waals surface area contributed by atoms with E-state index in [1.807, 2.05) is 0 Å². The number of ether oxygens (including phenoxy) is 1. The van der Waals surface area contributed by atoms with E-state index in [0.29, 0.717) is 6.42 Å². The minimum atomic E-state index is -0.187. The van der Waals surface area contributed by atoms with Crippen LogP contribution in [0.5, 0.6) is 0 Å². The van der Waals surface area contributed by atoms with Crippen LogP contribution in [0.4, 0.5) is 0 Å². The Morgan fingerprint density at radius 1 is 0.950 bits per heavy atom. The molecular weight excluding hydrogens is 274 g/mol. The molecule has 0 bridgehead atoms. The van der Waals surface area contributed by atoms with Crippen molar-refractivity contribution < 1.29 is 9.53 Å². The first-order valence-corrected chi connectivity index (χ1v) is 8.62. The van der Waals surface area contributed by atoms with E-state index in [9.17, 15) is 4.79 Å². The highest BCUT2D eigenvalue weighted by atomic mass is 35.5. The normalized spacial score (nSPS) is 14.5. The second-order valence-corrected chi connectivity index (χ2v) is 5.72. The maximum absolute atomic E-state index is 10.4. The van der Waals surface area contributed by atoms with Gasteiger partial charge in [0.2, 0.25) is 5.24 Å². The molecule has 1 fully saturated rings. The third-order valence-electron chi connectivity index (χ3n) is 3.32. The quantitative estimate of drug-likeness (QED) is 0.483. The minimum Gasteiger partial charge on any atom is -0.379 e. The summed E-state index contributed by atoms with van der Waals surface area (Å²) >= 11 is 5.24. The molecule has 0 aromatic heterocycles. The largest absolute Gasteiger partial charge is 0.379 e. The van der Waals surface area contributed by atoms with Gasteiger partial charge in [-0.2, -0.15) is 0 Å². The van der Waals surface area contributed by atoms with Gasteiger partial charge in [-0.3, -0.25) is 4.79 Å². The smallest absolute Gasteiger partial charge is 0.221 e. The Bertz CT molecular complexity index is 197. The fourth-order valence-electron chi connectivity index (χ4n) is 2.09. The third kappa shape index (κ3) is 17.9. The summed E-state index contributed by atoms with van der Waals surface area (Å²) < 4.78 is 5.01. The molecule has 1 aliphatic rings. The molecule has 0 unspecified atom stereocenters. The highest BCUT2D eigenvalue weighted by molar-refractivity contribution is 6.63. The average Bonchev–Trinajstić information content (AvgIpc) is 2.48. The SMILES string of the molecule is C1COCCN1.CCCCCCCCCCCC(=O)Cl. The molecule has 1 aliphatic heterocycles. The van der Waals surface area contributed by atoms with Crippen LogP contribution >= 0.6 is 11.6 Å². The van der Waals surface area contributed by atoms with E-state index in [-0.39, 0.29) is 5.24 Å². The number of halogens is 1. The molecule has 0 aliphatic carbocycles. The van der Waals surface area contributed by atoms with Crippen LogP contribution in [0.1, 0.15) is 71.1 Å². The van der Waals surface area contributed by atoms with Crippen molar-refractivity contribution in [3.05, 3.63) is 0 Å². The molecule has 1 rings (SSSR count). The highest BCUT2D eigenvalue weighted by Gasteiger charge is 1.96. The zero-order valence-corrected chi connectivity index (χ0v) is 13.8. The maximum Gasteiger partial charge on any atom is 0.221 e. The molecule has 0 spiro atoms. The van der Waals surface area contributed by atoms with Gasteiger partial charge in [0.25, 0.3) is 0 Å². The van der Waals surface area contributed by atoms with Gasteiger partial charge in [0.15, 0.2) is 0 Å². The van der Waals surface area contributed by atoms with Crippen LogP contribution in [-0.4, -0.2) is 31.5 Å². The van der Waals surface area contributed by atoms with E-state index in [1.165, 1.54) is 44.9 Å². The van der Waals surface area contributed by atoms with Crippen LogP contribution in [0.15, 0.2) is 0 Å². The summed E-state index contributed by atoms with van der Waals surface area (Å²) in [6.45, 7) is 6.07. The number of carbonyl (C=O) groups excluding carboxylic acids is 1. The standard InChI is InChI=1S/C12H23ClO.C4H9NO/c1-2-3-4-5-6-7-8-9-10-11-12(13)14;1-3-6-4-2-5-1/h2-11H2,1H3;5H,1-4H2. The summed E-state index contributed by atoms with van der Waals surface area (Å²) in [5.41, 5.74) is 0. The Hall–Kier alpha value is -0.120. The maximum atomic E-state index is 10.4. The first-order chi connectivity index (χ1) is 9.77. The molecule has 0 saturated carbocycles. The van der Waals surface area contributed by atoms with Crippen LogP contribution in [-0.2, 0) is 9.53 Å². The van der Waals surface area contributed by atoms with Gasteiger partial charge >= 0.3 is 0 Å². The Kier molecular flexibility index (Phi) is 16.8. The fraction of sp³-hybridized carbons (Fsp3) is 0.938. The van der Waals surface area contributed by atoms with Crippen LogP contribution in [0, 0.1) is 0 Å². The molecule has 1 saturated heterocycles. The topological polar surface area (TPSA) is 38.3 Å². The van der Waals surface area contributed by atoms with Crippen LogP contribution in [0.25, 0.3) is 0 Å². The van der Waals surface area contributed by atoms with Crippen molar-refractivity contribution in [2.75, 3.05) is 26.3 Å². The van der Waals surface area contributed by atoms with Crippen molar-refractivity contribution in [1.82, 2.24) is 5.32 Å². The van der Waals surface area contributed by atoms with Crippen molar-refractivity contribution in [2.45, 2.75) is 71.1 Å². The Balaban J connectivity index is 0.000000493. The number of carbonyl (C=O) groups is 1. The number of hydrogen-bond donors (Lipinski definition) is 1. The zero-order chi connectivity index (χ0) is 14.9. The molecule has 0 aromatic carbocycles. The third-order valence-corrected chi connectivity index (χ3v) is 3.51. The summed E-state index contributed by atoms with van der Waals surface area (Å²) in [6.07, 6.45) is 12.1. The highest BCUT2D eigenvalue weighted by Crippen LogP contribution is 2.10. The molecule has 0 amide bonds. The monoisotopic (exact) mass is 305 g/mol. The predicted molar refractivity (Wildman–Crippen MR) is 86.4 cm³/mol. The van der Waals surface area contributed by atoms with Gasteiger partial charge in [0.1, 0.15) is 0 Å². The van der Waals surface area contributed by atoms with E-state index in [0.717, 1.165) is 39.1 Å². The van der Waals surface area contributed by atoms with Gasteiger partial charge in [-0.05, 0) is 18.0 Å². The van der Waals surface area contributed by atoms with Gasteiger partial charge < -0.3 is 10.1 Å². The summed E-state index contributed by atoms with van der Waals surface area (Å²) in [4.78, 5) is 10.4. The lowest BCUT2D eigenvalue weighted by Gasteiger charge is -2.10. The van der Waals surface area contributed by atoms with Crippen LogP contribution < -0.4 is 5.32 Å². The molecule has 0 aromatic rings. The summed E-state index contributed by atoms with van der Waals surface area (Å²) in [5.74, 6) is 0. The lowest BCUT2D eigenvalue weighted by Crippen LogP contribution is -2.30. The van der Waals surface area contributed by atoms with E-state index in [1.54, 1.807) is 0 Å². The number of nitrogens with one attached hydrogen (secondary N) is 1. The molecule has 120 valence electrons. The van der Waals surface area contributed by atoms with Crippen molar-refractivity contribution >= 4 is 16.8 Å². The van der Waals surface area contributed by atoms with Crippen LogP contribution in [0.3, 0.4) is 0 Å². The van der Waals surface area contributed by atoms with Gasteiger partial charge in [-0.25, -0.2) is 0 Å². The molecule has 1 N–H and O–H groups in total. The van der Waals surface area contributed by atoms with Gasteiger partial charge in [-0.15, -0.1) is 0 Å². The van der Waals surface area contributed by atoms with Crippen molar-refractivity contribution in [3.63, 3.8) is 0 Å². The van der Waals surface area contributed by atoms with Crippen molar-refractivity contribution in [3.8, 4) is 0 Å². The molecular formula is C16H32ClNO2. The molecule has 0 atom stereocenters. The first-order valence-electron chi connectivity index (χ1n) is 8.24. The molecule has 4 heteroatoms. The second kappa shape index (κ2) is 16.9. The zero-order valence-electron chi connectivity index (χ0n) is 13.1. The van der Waals surface area contributed by atoms with E-state index < -0.39 is 0 Å². The van der Waals surface area contributed by atoms with Crippen molar-refractivity contribution in [1.29, 1.82) is 0 Å². The number of unbranched alkanes of at least 4 members (excludes halogenated alkanes) is 8. The fourth-order valence-corrected chi connectivity index (χ4v) is 2.22. The van der Waals surface area contributed by atoms with Gasteiger partial charge in [0.05, 0.1) is 13.2 Å². The summed E-state index contributed by atoms with van der Waals surface area (Å²) in [5, 5.41) is 2.97. The Morgan fingerprint density at radius 2 is 1.45 bits per heavy atom. The molecule has 3 nitrogen and oxygen atoms in total. The summed E-state index contributed by atoms with van der Waals surface area (Å²) in [7, 11) is 0. The van der Waals surface area contributed by atoms with E-state index >= 15 is 0 Å². The number of rotatable bonds is 10. The Morgan fingerprint density at radius 3 is 1.80 bits per heavy atom. The number of morpholine rings is 1. The Labute approximate surface area is 129 Å². The molecule has 1 heterocycles. The lowest BCUT2D eigenvalue weighted by atomic mass is 10.1. The first kappa shape index (κ1) is 19.9. The van der Waals surface area contributed by atoms with E-state index in [2.05, 4.69) is 12.2 Å². The lowest BCUT2D eigenvalue weighted by molar-refractivity contribution is -0.111. The minimum absolute atomic E-state index is 0.187. The van der Waals surface area contributed by atoms with Crippen molar-refractivity contribution in [2.24, 2.45) is 0 Å². The predicted octanol–water partition coefficient (Wildman–Crippen LogP) is 4.28. The summed E-state index contributed by atoms with van der Waals surface area (Å²) in [6, 6.07) is 0. The second-order valence-electron chi connectivity index (χ2n) is 5.30. The van der Waals surface area contributed by atoms with Gasteiger partial charge in [0, 0.05) is 19.5 Å². The molecule has 0 radical (unpaired) electrons. The van der Waals surface area contributed by atoms with Gasteiger partial charge in [-0.1, -0.05) is 58.3 Å². The van der Waals surface area contributed by atoms with E-state index in [4.69, 9.17) is 16.3 Å². The molecule has 20 heavy (non-hydrogen) atoms.